The average molecular weight is 533 g/mol. The Bertz CT molecular complexity index is 934. The molecule has 0 spiro atoms. The molecule has 178 valence electrons. The van der Waals surface area contributed by atoms with Crippen LogP contribution in [0, 0.1) is 0 Å². The number of carboxylic acid groups (broad SMARTS) is 1. The minimum absolute atomic E-state index is 0.0223. The van der Waals surface area contributed by atoms with Crippen molar-refractivity contribution in [3.63, 3.8) is 0 Å². The summed E-state index contributed by atoms with van der Waals surface area (Å²) in [7, 11) is -1.00. The molecule has 2 rings (SSSR count). The number of aromatic carboxylic acids is 1. The second-order valence-corrected chi connectivity index (χ2v) is 8.06. The van der Waals surface area contributed by atoms with E-state index in [1.807, 2.05) is 13.8 Å². The van der Waals surface area contributed by atoms with E-state index in [4.69, 9.17) is 67.5 Å². The molecule has 0 aromatic heterocycles. The minimum Gasteiger partial charge on any atom is -0.506 e. The molecule has 0 aliphatic rings. The van der Waals surface area contributed by atoms with Crippen molar-refractivity contribution >= 4 is 58.3 Å². The quantitative estimate of drug-likeness (QED) is 0.391. The van der Waals surface area contributed by atoms with Gasteiger partial charge in [-0.2, -0.15) is 0 Å². The van der Waals surface area contributed by atoms with Crippen molar-refractivity contribution in [2.45, 2.75) is 39.9 Å². The second-order valence-electron chi connectivity index (χ2n) is 6.49. The molecule has 0 bridgehead atoms. The first kappa shape index (κ1) is 28.1. The van der Waals surface area contributed by atoms with Crippen LogP contribution in [0.2, 0.25) is 20.1 Å². The van der Waals surface area contributed by atoms with E-state index in [0.717, 1.165) is 6.07 Å². The normalized spacial score (nSPS) is 10.4. The zero-order valence-corrected chi connectivity index (χ0v) is 20.6. The summed E-state index contributed by atoms with van der Waals surface area (Å²) in [5, 5.41) is 18.1. The molecule has 0 aliphatic carbocycles. The van der Waals surface area contributed by atoms with Crippen LogP contribution in [0.3, 0.4) is 0 Å². The topological polar surface area (TPSA) is 93.1 Å². The molecule has 0 fully saturated rings. The smallest absolute Gasteiger partial charge is 0.338 e. The summed E-state index contributed by atoms with van der Waals surface area (Å²) in [6.07, 6.45) is -0.253. The number of carboxylic acids is 1. The predicted octanol–water partition coefficient (Wildman–Crippen LogP) is 7.33. The summed E-state index contributed by atoms with van der Waals surface area (Å²) in [6.45, 7) is 7.29. The summed E-state index contributed by atoms with van der Waals surface area (Å²) in [5.41, 5.74) is 0.232. The number of esters is 1. The Morgan fingerprint density at radius 2 is 1.44 bits per heavy atom. The predicted molar refractivity (Wildman–Crippen MR) is 125 cm³/mol. The molecule has 11 heteroatoms. The maximum atomic E-state index is 11.8. The lowest BCUT2D eigenvalue weighted by Gasteiger charge is -2.14. The summed E-state index contributed by atoms with van der Waals surface area (Å²) < 4.78 is 26.1. The molecule has 0 heterocycles. The van der Waals surface area contributed by atoms with E-state index in [0.29, 0.717) is 16.3 Å². The third-order valence-electron chi connectivity index (χ3n) is 3.19. The van der Waals surface area contributed by atoms with Crippen LogP contribution < -0.4 is 4.74 Å². The van der Waals surface area contributed by atoms with Crippen LogP contribution in [0.25, 0.3) is 0 Å². The number of halogens is 5. The van der Waals surface area contributed by atoms with Crippen LogP contribution in [0.5, 0.6) is 11.5 Å². The molecular weight excluding hydrogens is 509 g/mol. The Labute approximate surface area is 207 Å². The molecule has 2 aromatic rings. The molecule has 0 saturated heterocycles. The van der Waals surface area contributed by atoms with Gasteiger partial charge in [-0.25, -0.2) is 9.59 Å². The van der Waals surface area contributed by atoms with Gasteiger partial charge in [-0.1, -0.05) is 46.4 Å². The van der Waals surface area contributed by atoms with Crippen LogP contribution in [0.15, 0.2) is 24.3 Å². The van der Waals surface area contributed by atoms with Crippen molar-refractivity contribution in [3.8, 4) is 11.5 Å². The Hall–Kier alpha value is -1.93. The molecule has 2 N–H and O–H groups in total. The van der Waals surface area contributed by atoms with Crippen LogP contribution in [0.4, 0.5) is 4.39 Å². The van der Waals surface area contributed by atoms with Gasteiger partial charge >= 0.3 is 11.9 Å². The van der Waals surface area contributed by atoms with Gasteiger partial charge in [0.05, 0.1) is 41.9 Å². The summed E-state index contributed by atoms with van der Waals surface area (Å²) in [4.78, 5) is 22.2. The highest BCUT2D eigenvalue weighted by atomic mass is 35.5. The number of carbonyl (C=O) groups is 2. The fourth-order valence-electron chi connectivity index (χ4n) is 2.00. The molecule has 6 nitrogen and oxygen atoms in total. The van der Waals surface area contributed by atoms with E-state index in [9.17, 15) is 14.0 Å². The van der Waals surface area contributed by atoms with Crippen molar-refractivity contribution in [1.29, 1.82) is 0 Å². The van der Waals surface area contributed by atoms with Crippen molar-refractivity contribution in [2.75, 3.05) is 7.15 Å². The lowest BCUT2D eigenvalue weighted by molar-refractivity contribution is 0.0377. The Morgan fingerprint density at radius 1 is 0.938 bits per heavy atom. The van der Waals surface area contributed by atoms with E-state index in [1.54, 1.807) is 19.9 Å². The highest BCUT2D eigenvalue weighted by Crippen LogP contribution is 2.34. The molecule has 0 atom stereocenters. The standard InChI is InChI=1S/C13H16Cl2O3.C7H4Cl2O3.CH3F/c1-7(2)17-11-6-9(5-10(14)12(11)15)13(16)18-8(3)4;8-4-1-3(7(11)12)2-5(10)6(4)9;1-2/h5-8H,1-4H3;1-2,10H,(H,11,12);1H3/i;;1D. The largest absolute Gasteiger partial charge is 0.506 e. The van der Waals surface area contributed by atoms with Crippen molar-refractivity contribution in [3.05, 3.63) is 55.5 Å². The number of hydrogen-bond donors (Lipinski definition) is 2. The maximum Gasteiger partial charge on any atom is 0.338 e. The first-order chi connectivity index (χ1) is 15.2. The number of phenols is 1. The fraction of sp³-hybridized carbons (Fsp3) is 0.333. The number of ether oxygens (including phenoxy) is 2. The van der Waals surface area contributed by atoms with Gasteiger partial charge in [0.25, 0.3) is 0 Å². The van der Waals surface area contributed by atoms with Crippen molar-refractivity contribution < 1.29 is 35.0 Å². The molecular formula is C21H23Cl4FO6. The number of rotatable bonds is 5. The Kier molecular flexibility index (Phi) is 12.5. The summed E-state index contributed by atoms with van der Waals surface area (Å²) in [5.74, 6) is -1.56. The average Bonchev–Trinajstić information content (AvgIpc) is 2.69. The monoisotopic (exact) mass is 531 g/mol. The fourth-order valence-corrected chi connectivity index (χ4v) is 2.69. The zero-order chi connectivity index (χ0) is 25.9. The van der Waals surface area contributed by atoms with E-state index in [2.05, 4.69) is 0 Å². The zero-order valence-electron chi connectivity index (χ0n) is 18.6. The number of alkyl halides is 1. The number of aromatic hydroxyl groups is 1. The summed E-state index contributed by atoms with van der Waals surface area (Å²) in [6, 6.07) is 5.23. The molecule has 0 radical (unpaired) electrons. The van der Waals surface area contributed by atoms with E-state index in [1.165, 1.54) is 12.1 Å². The lowest BCUT2D eigenvalue weighted by Crippen LogP contribution is -2.12. The highest BCUT2D eigenvalue weighted by Gasteiger charge is 2.16. The van der Waals surface area contributed by atoms with Crippen LogP contribution in [0.1, 0.15) is 49.8 Å². The van der Waals surface area contributed by atoms with Crippen molar-refractivity contribution in [1.82, 2.24) is 0 Å². The minimum atomic E-state index is -1.16. The lowest BCUT2D eigenvalue weighted by atomic mass is 10.2. The maximum absolute atomic E-state index is 11.8. The molecule has 0 unspecified atom stereocenters. The van der Waals surface area contributed by atoms with E-state index in [-0.39, 0.29) is 38.6 Å². The van der Waals surface area contributed by atoms with Crippen LogP contribution in [-0.2, 0) is 4.74 Å². The number of carbonyl (C=O) groups excluding carboxylic acids is 1. The Morgan fingerprint density at radius 3 is 1.88 bits per heavy atom. The van der Waals surface area contributed by atoms with Crippen LogP contribution in [-0.4, -0.2) is 41.5 Å². The van der Waals surface area contributed by atoms with Gasteiger partial charge in [-0.05, 0) is 52.0 Å². The van der Waals surface area contributed by atoms with E-state index < -0.39 is 19.1 Å². The van der Waals surface area contributed by atoms with Crippen LogP contribution >= 0.6 is 46.4 Å². The van der Waals surface area contributed by atoms with Crippen molar-refractivity contribution in [2.24, 2.45) is 0 Å². The number of benzene rings is 2. The third kappa shape index (κ3) is 9.69. The van der Waals surface area contributed by atoms with Gasteiger partial charge < -0.3 is 19.7 Å². The molecule has 0 saturated carbocycles. The van der Waals surface area contributed by atoms with Gasteiger partial charge in [0.2, 0.25) is 0 Å². The van der Waals surface area contributed by atoms with Gasteiger partial charge in [-0.3, -0.25) is 4.39 Å². The van der Waals surface area contributed by atoms with E-state index >= 15 is 0 Å². The van der Waals surface area contributed by atoms with Gasteiger partial charge in [0, 0.05) is 0 Å². The van der Waals surface area contributed by atoms with Gasteiger partial charge in [-0.15, -0.1) is 0 Å². The molecule has 2 aromatic carbocycles. The SMILES string of the molecule is CC(C)OC(=O)c1cc(Cl)c(Cl)c(OC(C)C)c1.O=C(O)c1cc(O)c(Cl)c(Cl)c1.[2H]CF. The highest BCUT2D eigenvalue weighted by molar-refractivity contribution is 6.43. The van der Waals surface area contributed by atoms with Gasteiger partial charge in [0.15, 0.2) is 0 Å². The number of hydrogen-bond acceptors (Lipinski definition) is 5. The first-order valence-corrected chi connectivity index (χ1v) is 10.4. The van der Waals surface area contributed by atoms with Gasteiger partial charge in [0.1, 0.15) is 21.5 Å². The molecule has 0 amide bonds. The second kappa shape index (κ2) is 14.3. The molecule has 32 heavy (non-hydrogen) atoms. The Balaban J connectivity index is 0.000000588. The third-order valence-corrected chi connectivity index (χ3v) is 4.77. The first-order valence-electron chi connectivity index (χ1n) is 9.58. The number of phenolic OH excluding ortho intramolecular Hbond substituents is 1. The summed E-state index contributed by atoms with van der Waals surface area (Å²) >= 11 is 23.0. The molecule has 0 aliphatic heterocycles.